The van der Waals surface area contributed by atoms with Gasteiger partial charge in [0.15, 0.2) is 0 Å². The average Bonchev–Trinajstić information content (AvgIpc) is 2.48. The third-order valence-corrected chi connectivity index (χ3v) is 5.55. The number of ether oxygens (including phenoxy) is 1. The molecule has 6 nitrogen and oxygen atoms in total. The van der Waals surface area contributed by atoms with Crippen molar-refractivity contribution in [2.24, 2.45) is 5.92 Å². The van der Waals surface area contributed by atoms with Gasteiger partial charge in [-0.1, -0.05) is 18.5 Å². The molecule has 8 heteroatoms. The van der Waals surface area contributed by atoms with Crippen molar-refractivity contribution in [3.05, 3.63) is 28.8 Å². The molecular weight excluding hydrogens is 328 g/mol. The van der Waals surface area contributed by atoms with Crippen LogP contribution in [0.5, 0.6) is 0 Å². The van der Waals surface area contributed by atoms with Gasteiger partial charge in [-0.05, 0) is 37.1 Å². The van der Waals surface area contributed by atoms with E-state index in [0.717, 1.165) is 13.0 Å². The van der Waals surface area contributed by atoms with Crippen molar-refractivity contribution < 1.29 is 17.9 Å². The number of esters is 1. The van der Waals surface area contributed by atoms with Gasteiger partial charge in [0.25, 0.3) is 0 Å². The molecule has 1 fully saturated rings. The van der Waals surface area contributed by atoms with Crippen molar-refractivity contribution in [2.75, 3.05) is 20.2 Å². The fraction of sp³-hybridized carbons (Fsp3) is 0.500. The van der Waals surface area contributed by atoms with E-state index in [0.29, 0.717) is 6.54 Å². The van der Waals surface area contributed by atoms with Gasteiger partial charge < -0.3 is 10.1 Å². The molecule has 2 atom stereocenters. The van der Waals surface area contributed by atoms with Crippen LogP contribution in [0.4, 0.5) is 0 Å². The molecule has 0 spiro atoms. The fourth-order valence-electron chi connectivity index (χ4n) is 2.42. The first-order valence-electron chi connectivity index (χ1n) is 6.96. The van der Waals surface area contributed by atoms with Crippen LogP contribution in [0.25, 0.3) is 0 Å². The van der Waals surface area contributed by atoms with E-state index in [9.17, 15) is 13.2 Å². The Balaban J connectivity index is 2.34. The van der Waals surface area contributed by atoms with Gasteiger partial charge in [-0.3, -0.25) is 0 Å². The van der Waals surface area contributed by atoms with E-state index in [4.69, 9.17) is 11.6 Å². The lowest BCUT2D eigenvalue weighted by atomic mass is 9.96. The molecule has 0 aromatic heterocycles. The second-order valence-corrected chi connectivity index (χ2v) is 7.45. The number of methoxy groups -OCH3 is 1. The van der Waals surface area contributed by atoms with E-state index in [1.165, 1.54) is 25.3 Å². The first-order chi connectivity index (χ1) is 10.3. The van der Waals surface area contributed by atoms with Gasteiger partial charge >= 0.3 is 5.97 Å². The number of benzene rings is 1. The van der Waals surface area contributed by atoms with Crippen LogP contribution < -0.4 is 10.0 Å². The highest BCUT2D eigenvalue weighted by Crippen LogP contribution is 2.23. The molecule has 2 N–H and O–H groups in total. The number of sulfonamides is 1. The van der Waals surface area contributed by atoms with Crippen molar-refractivity contribution in [2.45, 2.75) is 24.3 Å². The highest BCUT2D eigenvalue weighted by molar-refractivity contribution is 7.89. The summed E-state index contributed by atoms with van der Waals surface area (Å²) in [5.74, 6) is -0.525. The second-order valence-electron chi connectivity index (χ2n) is 5.33. The third kappa shape index (κ3) is 3.78. The molecule has 1 aliphatic rings. The first kappa shape index (κ1) is 17.2. The van der Waals surface area contributed by atoms with Crippen LogP contribution in [0.3, 0.4) is 0 Å². The number of halogens is 1. The van der Waals surface area contributed by atoms with Crippen molar-refractivity contribution in [1.29, 1.82) is 0 Å². The summed E-state index contributed by atoms with van der Waals surface area (Å²) in [6, 6.07) is 3.83. The zero-order chi connectivity index (χ0) is 16.3. The monoisotopic (exact) mass is 346 g/mol. The Morgan fingerprint density at radius 3 is 2.82 bits per heavy atom. The van der Waals surface area contributed by atoms with Gasteiger partial charge in [-0.25, -0.2) is 17.9 Å². The summed E-state index contributed by atoms with van der Waals surface area (Å²) in [6.45, 7) is 3.42. The molecule has 0 aliphatic carbocycles. The maximum absolute atomic E-state index is 12.6. The molecule has 1 saturated heterocycles. The number of hydrogen-bond donors (Lipinski definition) is 2. The predicted octanol–water partition coefficient (Wildman–Crippen LogP) is 1.40. The van der Waals surface area contributed by atoms with Crippen molar-refractivity contribution in [1.82, 2.24) is 10.0 Å². The molecule has 1 aromatic carbocycles. The molecule has 0 amide bonds. The number of hydrogen-bond acceptors (Lipinski definition) is 5. The molecule has 0 bridgehead atoms. The lowest BCUT2D eigenvalue weighted by molar-refractivity contribution is 0.0596. The van der Waals surface area contributed by atoms with Gasteiger partial charge in [0.1, 0.15) is 0 Å². The van der Waals surface area contributed by atoms with Crippen molar-refractivity contribution >= 4 is 27.6 Å². The van der Waals surface area contributed by atoms with E-state index < -0.39 is 16.0 Å². The minimum absolute atomic E-state index is 0.0704. The van der Waals surface area contributed by atoms with E-state index in [1.54, 1.807) is 0 Å². The number of rotatable bonds is 4. The van der Waals surface area contributed by atoms with Crippen LogP contribution in [-0.4, -0.2) is 40.6 Å². The van der Waals surface area contributed by atoms with Gasteiger partial charge in [-0.2, -0.15) is 0 Å². The Bertz CT molecular complexity index is 663. The Labute approximate surface area is 135 Å². The summed E-state index contributed by atoms with van der Waals surface area (Å²) >= 11 is 5.85. The fourth-order valence-corrected chi connectivity index (χ4v) is 4.11. The molecule has 1 heterocycles. The molecule has 122 valence electrons. The Kier molecular flexibility index (Phi) is 5.44. The molecule has 0 saturated carbocycles. The highest BCUT2D eigenvalue weighted by Gasteiger charge is 2.29. The van der Waals surface area contributed by atoms with Crippen LogP contribution in [0, 0.1) is 5.92 Å². The minimum Gasteiger partial charge on any atom is -0.465 e. The van der Waals surface area contributed by atoms with Crippen LogP contribution >= 0.6 is 11.6 Å². The summed E-state index contributed by atoms with van der Waals surface area (Å²) in [5, 5.41) is 3.43. The molecule has 1 aliphatic heterocycles. The normalized spacial score (nSPS) is 22.3. The van der Waals surface area contributed by atoms with Crippen LogP contribution in [0.1, 0.15) is 23.7 Å². The lowest BCUT2D eigenvalue weighted by Crippen LogP contribution is -2.50. The average molecular weight is 347 g/mol. The van der Waals surface area contributed by atoms with Crippen LogP contribution in [0.15, 0.2) is 23.1 Å². The lowest BCUT2D eigenvalue weighted by Gasteiger charge is -2.30. The highest BCUT2D eigenvalue weighted by atomic mass is 35.5. The predicted molar refractivity (Wildman–Crippen MR) is 83.6 cm³/mol. The summed E-state index contributed by atoms with van der Waals surface area (Å²) in [4.78, 5) is 11.7. The van der Waals surface area contributed by atoms with E-state index in [-0.39, 0.29) is 27.4 Å². The van der Waals surface area contributed by atoms with Crippen molar-refractivity contribution in [3.63, 3.8) is 0 Å². The molecule has 1 aromatic rings. The topological polar surface area (TPSA) is 84.5 Å². The summed E-state index contributed by atoms with van der Waals surface area (Å²) in [7, 11) is -2.65. The quantitative estimate of drug-likeness (QED) is 0.805. The Morgan fingerprint density at radius 1 is 1.45 bits per heavy atom. The Morgan fingerprint density at radius 2 is 2.18 bits per heavy atom. The largest absolute Gasteiger partial charge is 0.465 e. The number of piperidine rings is 1. The molecule has 2 unspecified atom stereocenters. The zero-order valence-corrected chi connectivity index (χ0v) is 14.0. The molecular formula is C14H19ClN2O4S. The second kappa shape index (κ2) is 6.95. The van der Waals surface area contributed by atoms with Crippen LogP contribution in [-0.2, 0) is 14.8 Å². The van der Waals surface area contributed by atoms with E-state index in [2.05, 4.69) is 14.8 Å². The van der Waals surface area contributed by atoms with Gasteiger partial charge in [0, 0.05) is 17.6 Å². The molecule has 2 rings (SSSR count). The SMILES string of the molecule is COC(=O)c1cc(Cl)ccc1S(=O)(=O)NC1CNCCC1C. The Hall–Kier alpha value is -1.15. The zero-order valence-electron chi connectivity index (χ0n) is 12.4. The third-order valence-electron chi connectivity index (χ3n) is 3.77. The molecule has 22 heavy (non-hydrogen) atoms. The smallest absolute Gasteiger partial charge is 0.339 e. The minimum atomic E-state index is -3.84. The van der Waals surface area contributed by atoms with Crippen LogP contribution in [0.2, 0.25) is 5.02 Å². The number of nitrogens with one attached hydrogen (secondary N) is 2. The number of carbonyl (C=O) groups is 1. The standard InChI is InChI=1S/C14H19ClN2O4S/c1-9-5-6-16-8-12(9)17-22(19,20)13-4-3-10(15)7-11(13)14(18)21-2/h3-4,7,9,12,16-17H,5-6,8H2,1-2H3. The van der Waals surface area contributed by atoms with E-state index in [1.807, 2.05) is 6.92 Å². The van der Waals surface area contributed by atoms with Gasteiger partial charge in [-0.15, -0.1) is 0 Å². The summed E-state index contributed by atoms with van der Waals surface area (Å²) < 4.78 is 32.5. The van der Waals surface area contributed by atoms with Gasteiger partial charge in [0.2, 0.25) is 10.0 Å². The molecule has 0 radical (unpaired) electrons. The van der Waals surface area contributed by atoms with E-state index >= 15 is 0 Å². The summed E-state index contributed by atoms with van der Waals surface area (Å²) in [6.07, 6.45) is 0.887. The maximum Gasteiger partial charge on any atom is 0.339 e. The first-order valence-corrected chi connectivity index (χ1v) is 8.82. The maximum atomic E-state index is 12.6. The van der Waals surface area contributed by atoms with Crippen molar-refractivity contribution in [3.8, 4) is 0 Å². The number of carbonyl (C=O) groups excluding carboxylic acids is 1. The summed E-state index contributed by atoms with van der Waals surface area (Å²) in [5.41, 5.74) is -0.0704. The van der Waals surface area contributed by atoms with Gasteiger partial charge in [0.05, 0.1) is 17.6 Å².